The first-order valence-electron chi connectivity index (χ1n) is 9.44. The molecule has 0 amide bonds. The number of hydrogen-bond acceptors (Lipinski definition) is 4. The summed E-state index contributed by atoms with van der Waals surface area (Å²) in [5.74, 6) is 0. The van der Waals surface area contributed by atoms with Gasteiger partial charge >= 0.3 is 0 Å². The van der Waals surface area contributed by atoms with Crippen molar-refractivity contribution in [1.29, 1.82) is 0 Å². The van der Waals surface area contributed by atoms with Crippen molar-refractivity contribution >= 4 is 0 Å². The van der Waals surface area contributed by atoms with Crippen LogP contribution in [0.3, 0.4) is 0 Å². The Morgan fingerprint density at radius 3 is 2.40 bits per heavy atom. The quantitative estimate of drug-likeness (QED) is 0.803. The summed E-state index contributed by atoms with van der Waals surface area (Å²) < 4.78 is 0. The average Bonchev–Trinajstić information content (AvgIpc) is 3.18. The lowest BCUT2D eigenvalue weighted by Gasteiger charge is -2.37. The normalized spacial score (nSPS) is 29.6. The molecule has 0 spiro atoms. The Labute approximate surface area is 149 Å². The van der Waals surface area contributed by atoms with Crippen molar-refractivity contribution in [3.8, 4) is 11.1 Å². The van der Waals surface area contributed by atoms with Crippen LogP contribution in [-0.2, 0) is 5.60 Å². The van der Waals surface area contributed by atoms with E-state index in [-0.39, 0.29) is 0 Å². The second-order valence-electron chi connectivity index (χ2n) is 7.46. The highest BCUT2D eigenvalue weighted by Gasteiger charge is 2.36. The van der Waals surface area contributed by atoms with Gasteiger partial charge in [-0.3, -0.25) is 4.98 Å². The zero-order valence-corrected chi connectivity index (χ0v) is 14.6. The van der Waals surface area contributed by atoms with Gasteiger partial charge in [0.25, 0.3) is 0 Å². The Kier molecular flexibility index (Phi) is 4.84. The van der Waals surface area contributed by atoms with E-state index in [1.165, 1.54) is 6.42 Å². The predicted octanol–water partition coefficient (Wildman–Crippen LogP) is 2.83. The molecule has 1 aromatic carbocycles. The van der Waals surface area contributed by atoms with Crippen molar-refractivity contribution in [3.63, 3.8) is 0 Å². The van der Waals surface area contributed by atoms with Crippen molar-refractivity contribution in [2.75, 3.05) is 13.1 Å². The summed E-state index contributed by atoms with van der Waals surface area (Å²) >= 11 is 0. The molecule has 2 heterocycles. The van der Waals surface area contributed by atoms with Crippen LogP contribution in [0.2, 0.25) is 0 Å². The lowest BCUT2D eigenvalue weighted by atomic mass is 9.79. The summed E-state index contributed by atoms with van der Waals surface area (Å²) in [6.07, 6.45) is 6.68. The fourth-order valence-corrected chi connectivity index (χ4v) is 4.12. The molecule has 2 aliphatic rings. The van der Waals surface area contributed by atoms with Crippen LogP contribution in [0.1, 0.15) is 37.8 Å². The van der Waals surface area contributed by atoms with Gasteiger partial charge in [0.05, 0.1) is 5.69 Å². The van der Waals surface area contributed by atoms with Crippen LogP contribution in [0.15, 0.2) is 48.7 Å². The van der Waals surface area contributed by atoms with Crippen LogP contribution in [0.5, 0.6) is 0 Å². The summed E-state index contributed by atoms with van der Waals surface area (Å²) in [6, 6.07) is 15.4. The molecule has 132 valence electrons. The van der Waals surface area contributed by atoms with Crippen molar-refractivity contribution in [2.24, 2.45) is 0 Å². The molecule has 4 nitrogen and oxygen atoms in total. The van der Waals surface area contributed by atoms with Gasteiger partial charge in [-0.1, -0.05) is 36.4 Å². The minimum absolute atomic E-state index is 0.522. The highest BCUT2D eigenvalue weighted by molar-refractivity contribution is 5.62. The smallest absolute Gasteiger partial charge is 0.107 e. The minimum atomic E-state index is -0.776. The summed E-state index contributed by atoms with van der Waals surface area (Å²) in [7, 11) is 0. The highest BCUT2D eigenvalue weighted by Crippen LogP contribution is 2.36. The van der Waals surface area contributed by atoms with Gasteiger partial charge in [-0.25, -0.2) is 0 Å². The van der Waals surface area contributed by atoms with E-state index in [0.29, 0.717) is 12.1 Å². The number of nitrogens with zero attached hydrogens (tertiary/aromatic N) is 1. The standard InChI is InChI=1S/C21H27N3O/c25-21(11-8-18(9-12-21)24-19-10-13-22-15-19)20-7-6-17(14-23-20)16-4-2-1-3-5-16/h1-7,14,18-19,22,24-25H,8-13,15H2/t18?,19-,21?/m0/s1. The molecule has 1 aromatic heterocycles. The third-order valence-electron chi connectivity index (χ3n) is 5.69. The van der Waals surface area contributed by atoms with Gasteiger partial charge in [-0.15, -0.1) is 0 Å². The number of benzene rings is 1. The summed E-state index contributed by atoms with van der Waals surface area (Å²) in [5.41, 5.74) is 2.29. The summed E-state index contributed by atoms with van der Waals surface area (Å²) in [4.78, 5) is 4.60. The van der Waals surface area contributed by atoms with E-state index in [1.807, 2.05) is 30.5 Å². The molecule has 0 unspecified atom stereocenters. The molecular formula is C21H27N3O. The second-order valence-corrected chi connectivity index (χ2v) is 7.46. The fourth-order valence-electron chi connectivity index (χ4n) is 4.12. The van der Waals surface area contributed by atoms with Gasteiger partial charge < -0.3 is 15.7 Å². The molecule has 1 atom stereocenters. The van der Waals surface area contributed by atoms with Crippen molar-refractivity contribution < 1.29 is 5.11 Å². The summed E-state index contributed by atoms with van der Waals surface area (Å²) in [6.45, 7) is 2.19. The minimum Gasteiger partial charge on any atom is -0.384 e. The van der Waals surface area contributed by atoms with Crippen LogP contribution in [0.25, 0.3) is 11.1 Å². The largest absolute Gasteiger partial charge is 0.384 e. The maximum Gasteiger partial charge on any atom is 0.107 e. The van der Waals surface area contributed by atoms with Crippen molar-refractivity contribution in [1.82, 2.24) is 15.6 Å². The maximum absolute atomic E-state index is 11.1. The number of rotatable bonds is 4. The van der Waals surface area contributed by atoms with Gasteiger partial charge in [0.1, 0.15) is 5.60 Å². The Morgan fingerprint density at radius 2 is 1.76 bits per heavy atom. The van der Waals surface area contributed by atoms with Crippen LogP contribution >= 0.6 is 0 Å². The van der Waals surface area contributed by atoms with E-state index in [0.717, 1.165) is 55.6 Å². The van der Waals surface area contributed by atoms with E-state index in [4.69, 9.17) is 0 Å². The number of hydrogen-bond donors (Lipinski definition) is 3. The van der Waals surface area contributed by atoms with Crippen LogP contribution in [0.4, 0.5) is 0 Å². The average molecular weight is 337 g/mol. The number of aliphatic hydroxyl groups is 1. The molecular weight excluding hydrogens is 310 g/mol. The van der Waals surface area contributed by atoms with Gasteiger partial charge in [0.2, 0.25) is 0 Å². The Balaban J connectivity index is 1.39. The van der Waals surface area contributed by atoms with Gasteiger partial charge in [-0.2, -0.15) is 0 Å². The van der Waals surface area contributed by atoms with Crippen molar-refractivity contribution in [2.45, 2.75) is 49.8 Å². The molecule has 2 fully saturated rings. The lowest BCUT2D eigenvalue weighted by Crippen LogP contribution is -2.44. The molecule has 0 bridgehead atoms. The molecule has 4 rings (SSSR count). The van der Waals surface area contributed by atoms with E-state index in [2.05, 4.69) is 33.8 Å². The van der Waals surface area contributed by atoms with E-state index < -0.39 is 5.60 Å². The van der Waals surface area contributed by atoms with E-state index in [9.17, 15) is 5.11 Å². The van der Waals surface area contributed by atoms with Crippen LogP contribution in [0, 0.1) is 0 Å². The SMILES string of the molecule is OC1(c2ccc(-c3ccccc3)cn2)CCC(N[C@H]2CCNC2)CC1. The Morgan fingerprint density at radius 1 is 0.960 bits per heavy atom. The first-order chi connectivity index (χ1) is 12.2. The zero-order chi connectivity index (χ0) is 17.1. The molecule has 2 aromatic rings. The number of aromatic nitrogens is 1. The van der Waals surface area contributed by atoms with E-state index in [1.54, 1.807) is 0 Å². The molecule has 1 saturated heterocycles. The third-order valence-corrected chi connectivity index (χ3v) is 5.69. The Bertz CT molecular complexity index is 672. The molecule has 3 N–H and O–H groups in total. The summed E-state index contributed by atoms with van der Waals surface area (Å²) in [5, 5.41) is 18.2. The highest BCUT2D eigenvalue weighted by atomic mass is 16.3. The van der Waals surface area contributed by atoms with Gasteiger partial charge in [0.15, 0.2) is 0 Å². The van der Waals surface area contributed by atoms with Crippen LogP contribution in [-0.4, -0.2) is 35.3 Å². The molecule has 1 aliphatic carbocycles. The topological polar surface area (TPSA) is 57.2 Å². The third kappa shape index (κ3) is 3.76. The van der Waals surface area contributed by atoms with Gasteiger partial charge in [-0.05, 0) is 50.3 Å². The zero-order valence-electron chi connectivity index (χ0n) is 14.6. The lowest BCUT2D eigenvalue weighted by molar-refractivity contribution is -0.0130. The first kappa shape index (κ1) is 16.7. The Hall–Kier alpha value is -1.75. The molecule has 0 radical (unpaired) electrons. The molecule has 1 aliphatic heterocycles. The maximum atomic E-state index is 11.1. The molecule has 4 heteroatoms. The monoisotopic (exact) mass is 337 g/mol. The molecule has 1 saturated carbocycles. The first-order valence-corrected chi connectivity index (χ1v) is 9.44. The number of pyridine rings is 1. The predicted molar refractivity (Wildman–Crippen MR) is 100 cm³/mol. The van der Waals surface area contributed by atoms with Crippen LogP contribution < -0.4 is 10.6 Å². The van der Waals surface area contributed by atoms with E-state index >= 15 is 0 Å². The fraction of sp³-hybridized carbons (Fsp3) is 0.476. The van der Waals surface area contributed by atoms with Gasteiger partial charge in [0, 0.05) is 30.4 Å². The molecule has 25 heavy (non-hydrogen) atoms. The second kappa shape index (κ2) is 7.24. The number of nitrogens with one attached hydrogen (secondary N) is 2. The van der Waals surface area contributed by atoms with Crippen molar-refractivity contribution in [3.05, 3.63) is 54.4 Å².